The van der Waals surface area contributed by atoms with Crippen LogP contribution in [0.3, 0.4) is 0 Å². The molecular weight excluding hydrogens is 470 g/mol. The molecule has 5 rings (SSSR count). The maximum Gasteiger partial charge on any atom is 0.422 e. The highest BCUT2D eigenvalue weighted by Crippen LogP contribution is 2.47. The van der Waals surface area contributed by atoms with Gasteiger partial charge < -0.3 is 5.32 Å². The van der Waals surface area contributed by atoms with Gasteiger partial charge in [0.1, 0.15) is 11.4 Å². The molecule has 2 aromatic heterocycles. The third-order valence-electron chi connectivity index (χ3n) is 8.20. The van der Waals surface area contributed by atoms with Gasteiger partial charge in [0, 0.05) is 29.5 Å². The summed E-state index contributed by atoms with van der Waals surface area (Å²) in [6, 6.07) is 6.84. The van der Waals surface area contributed by atoms with Gasteiger partial charge in [0.05, 0.1) is 5.56 Å². The predicted molar refractivity (Wildman–Crippen MR) is 131 cm³/mol. The quantitative estimate of drug-likeness (QED) is 0.391. The fourth-order valence-electron chi connectivity index (χ4n) is 6.19. The number of halogens is 4. The van der Waals surface area contributed by atoms with Crippen LogP contribution in [0.5, 0.6) is 0 Å². The molecule has 2 fully saturated rings. The van der Waals surface area contributed by atoms with Crippen LogP contribution in [0.4, 0.5) is 17.6 Å². The van der Waals surface area contributed by atoms with E-state index in [9.17, 15) is 18.0 Å². The molecule has 2 saturated carbocycles. The lowest BCUT2D eigenvalue weighted by Crippen LogP contribution is -2.49. The number of hydrogen-bond donors (Lipinski definition) is 1. The van der Waals surface area contributed by atoms with Crippen molar-refractivity contribution in [3.63, 3.8) is 0 Å². The van der Waals surface area contributed by atoms with E-state index in [-0.39, 0.29) is 22.1 Å². The Bertz CT molecular complexity index is 1380. The van der Waals surface area contributed by atoms with E-state index < -0.39 is 34.8 Å². The molecule has 0 aliphatic heterocycles. The summed E-state index contributed by atoms with van der Waals surface area (Å²) < 4.78 is 58.3. The SMILES string of the molecule is CC(NC1(C)CCC1)c1cn2c(=O)c(-c3cccc([C@]4(C)C[C@@H](C)C4)c3)cnc2c(C(F)(F)F)c1F. The highest BCUT2D eigenvalue weighted by Gasteiger charge is 2.41. The lowest BCUT2D eigenvalue weighted by Gasteiger charge is -2.44. The summed E-state index contributed by atoms with van der Waals surface area (Å²) >= 11 is 0. The Morgan fingerprint density at radius 3 is 2.47 bits per heavy atom. The van der Waals surface area contributed by atoms with Crippen molar-refractivity contribution in [3.05, 3.63) is 69.5 Å². The number of nitrogens with one attached hydrogen (secondary N) is 1. The average Bonchev–Trinajstić information content (AvgIpc) is 2.76. The number of nitrogens with zero attached hydrogens (tertiary/aromatic N) is 2. The Morgan fingerprint density at radius 2 is 1.89 bits per heavy atom. The molecule has 36 heavy (non-hydrogen) atoms. The van der Waals surface area contributed by atoms with Gasteiger partial charge in [-0.2, -0.15) is 13.2 Å². The number of rotatable bonds is 5. The molecule has 2 aliphatic carbocycles. The fourth-order valence-corrected chi connectivity index (χ4v) is 6.19. The molecule has 192 valence electrons. The standard InChI is InChI=1S/C28H31F4N3O/c1-16-12-26(3,13-16)19-8-5-7-18(11-19)20-14-33-24-22(28(30,31)32)23(29)21(15-35(24)25(20)36)17(2)34-27(4)9-6-10-27/h5,7-8,11,14-17,34H,6,9-10,12-13H2,1-4H3/t16-,17?,26-. The molecule has 3 aromatic rings. The van der Waals surface area contributed by atoms with Crippen molar-refractivity contribution in [2.24, 2.45) is 5.92 Å². The molecule has 1 N–H and O–H groups in total. The third kappa shape index (κ3) is 4.13. The van der Waals surface area contributed by atoms with Crippen molar-refractivity contribution in [1.29, 1.82) is 0 Å². The van der Waals surface area contributed by atoms with Crippen LogP contribution in [0, 0.1) is 11.7 Å². The second kappa shape index (κ2) is 8.40. The lowest BCUT2D eigenvalue weighted by atomic mass is 9.60. The normalized spacial score (nSPS) is 24.3. The number of pyridine rings is 1. The van der Waals surface area contributed by atoms with Crippen molar-refractivity contribution < 1.29 is 17.6 Å². The van der Waals surface area contributed by atoms with E-state index in [4.69, 9.17) is 0 Å². The van der Waals surface area contributed by atoms with Crippen molar-refractivity contribution in [2.45, 2.75) is 83.0 Å². The van der Waals surface area contributed by atoms with E-state index in [1.807, 2.05) is 25.1 Å². The van der Waals surface area contributed by atoms with Gasteiger partial charge in [-0.15, -0.1) is 0 Å². The van der Waals surface area contributed by atoms with Crippen molar-refractivity contribution in [1.82, 2.24) is 14.7 Å². The molecule has 2 aliphatic rings. The molecule has 2 heterocycles. The molecule has 0 bridgehead atoms. The van der Waals surface area contributed by atoms with Gasteiger partial charge in [-0.05, 0) is 68.4 Å². The molecule has 0 radical (unpaired) electrons. The first-order valence-corrected chi connectivity index (χ1v) is 12.5. The molecule has 0 saturated heterocycles. The number of alkyl halides is 3. The molecule has 4 nitrogen and oxygen atoms in total. The van der Waals surface area contributed by atoms with Gasteiger partial charge in [0.2, 0.25) is 0 Å². The summed E-state index contributed by atoms with van der Waals surface area (Å²) in [6.45, 7) is 7.97. The highest BCUT2D eigenvalue weighted by atomic mass is 19.4. The topological polar surface area (TPSA) is 46.4 Å². The molecule has 1 aromatic carbocycles. The van der Waals surface area contributed by atoms with Crippen molar-refractivity contribution in [2.75, 3.05) is 0 Å². The molecule has 8 heteroatoms. The van der Waals surface area contributed by atoms with Gasteiger partial charge in [-0.1, -0.05) is 38.1 Å². The minimum absolute atomic E-state index is 0.00832. The zero-order valence-corrected chi connectivity index (χ0v) is 21.0. The Balaban J connectivity index is 1.65. The Hall–Kier alpha value is -2.74. The first-order valence-electron chi connectivity index (χ1n) is 12.5. The van der Waals surface area contributed by atoms with Crippen LogP contribution in [0.25, 0.3) is 16.8 Å². The maximum absolute atomic E-state index is 15.3. The van der Waals surface area contributed by atoms with Gasteiger partial charge in [0.25, 0.3) is 5.56 Å². The van der Waals surface area contributed by atoms with E-state index in [1.54, 1.807) is 13.0 Å². The number of hydrogen-bond acceptors (Lipinski definition) is 3. The minimum Gasteiger partial charge on any atom is -0.305 e. The fraction of sp³-hybridized carbons (Fsp3) is 0.500. The number of benzene rings is 1. The second-order valence-corrected chi connectivity index (χ2v) is 11.4. The Labute approximate surface area is 207 Å². The average molecular weight is 502 g/mol. The Morgan fingerprint density at radius 1 is 1.19 bits per heavy atom. The summed E-state index contributed by atoms with van der Waals surface area (Å²) in [5.41, 5.74) is -1.49. The van der Waals surface area contributed by atoms with Gasteiger partial charge in [0.15, 0.2) is 5.65 Å². The smallest absolute Gasteiger partial charge is 0.305 e. The first kappa shape index (κ1) is 24.9. The molecule has 0 spiro atoms. The maximum atomic E-state index is 15.3. The van der Waals surface area contributed by atoms with E-state index in [0.29, 0.717) is 11.5 Å². The third-order valence-corrected chi connectivity index (χ3v) is 8.20. The summed E-state index contributed by atoms with van der Waals surface area (Å²) in [5.74, 6) is -0.766. The van der Waals surface area contributed by atoms with E-state index in [2.05, 4.69) is 24.1 Å². The Kier molecular flexibility index (Phi) is 5.82. The molecule has 1 atom stereocenters. The summed E-state index contributed by atoms with van der Waals surface area (Å²) in [7, 11) is 0. The predicted octanol–water partition coefficient (Wildman–Crippen LogP) is 6.80. The number of fused-ring (bicyclic) bond motifs is 1. The van der Waals surface area contributed by atoms with E-state index >= 15 is 4.39 Å². The summed E-state index contributed by atoms with van der Waals surface area (Å²) in [5, 5.41) is 3.26. The highest BCUT2D eigenvalue weighted by molar-refractivity contribution is 5.65. The zero-order valence-electron chi connectivity index (χ0n) is 21.0. The molecule has 1 unspecified atom stereocenters. The number of aromatic nitrogens is 2. The largest absolute Gasteiger partial charge is 0.422 e. The molecular formula is C28H31F4N3O. The van der Waals surface area contributed by atoms with Crippen molar-refractivity contribution >= 4 is 5.65 Å². The second-order valence-electron chi connectivity index (χ2n) is 11.4. The summed E-state index contributed by atoms with van der Waals surface area (Å²) in [6.07, 6.45) is 2.09. The van der Waals surface area contributed by atoms with Gasteiger partial charge in [-0.3, -0.25) is 9.20 Å². The van der Waals surface area contributed by atoms with E-state index in [0.717, 1.165) is 48.3 Å². The summed E-state index contributed by atoms with van der Waals surface area (Å²) in [4.78, 5) is 17.5. The van der Waals surface area contributed by atoms with Crippen LogP contribution >= 0.6 is 0 Å². The lowest BCUT2D eigenvalue weighted by molar-refractivity contribution is -0.139. The minimum atomic E-state index is -5.01. The van der Waals surface area contributed by atoms with Crippen LogP contribution in [0.1, 0.15) is 82.5 Å². The van der Waals surface area contributed by atoms with Gasteiger partial charge in [-0.25, -0.2) is 9.37 Å². The van der Waals surface area contributed by atoms with Crippen LogP contribution < -0.4 is 10.9 Å². The zero-order chi connectivity index (χ0) is 26.0. The first-order chi connectivity index (χ1) is 16.8. The van der Waals surface area contributed by atoms with Crippen LogP contribution in [0.15, 0.2) is 41.5 Å². The monoisotopic (exact) mass is 501 g/mol. The van der Waals surface area contributed by atoms with Crippen LogP contribution in [-0.2, 0) is 11.6 Å². The van der Waals surface area contributed by atoms with Crippen LogP contribution in [0.2, 0.25) is 0 Å². The van der Waals surface area contributed by atoms with Crippen molar-refractivity contribution in [3.8, 4) is 11.1 Å². The van der Waals surface area contributed by atoms with Crippen LogP contribution in [-0.4, -0.2) is 14.9 Å². The molecule has 0 amide bonds. The van der Waals surface area contributed by atoms with E-state index in [1.165, 1.54) is 6.20 Å². The van der Waals surface area contributed by atoms with Gasteiger partial charge >= 0.3 is 6.18 Å².